The summed E-state index contributed by atoms with van der Waals surface area (Å²) in [6.45, 7) is 16.3. The van der Waals surface area contributed by atoms with Gasteiger partial charge in [0.1, 0.15) is 0 Å². The minimum atomic E-state index is 0.440. The SMILES string of the molecule is C=C(C)N(C)CC(C)CC(C)(C)C. The second kappa shape index (κ2) is 4.69. The average molecular weight is 183 g/mol. The highest BCUT2D eigenvalue weighted by Gasteiger charge is 2.16. The van der Waals surface area contributed by atoms with Gasteiger partial charge in [0.2, 0.25) is 0 Å². The molecule has 1 unspecified atom stereocenters. The van der Waals surface area contributed by atoms with E-state index < -0.39 is 0 Å². The first-order chi connectivity index (χ1) is 5.72. The van der Waals surface area contributed by atoms with Crippen molar-refractivity contribution < 1.29 is 0 Å². The van der Waals surface area contributed by atoms with Gasteiger partial charge in [-0.3, -0.25) is 0 Å². The van der Waals surface area contributed by atoms with Crippen molar-refractivity contribution in [2.24, 2.45) is 11.3 Å². The largest absolute Gasteiger partial charge is 0.378 e. The van der Waals surface area contributed by atoms with E-state index in [-0.39, 0.29) is 0 Å². The normalized spacial score (nSPS) is 14.0. The Morgan fingerprint density at radius 1 is 1.38 bits per heavy atom. The summed E-state index contributed by atoms with van der Waals surface area (Å²) in [7, 11) is 2.11. The molecule has 78 valence electrons. The highest BCUT2D eigenvalue weighted by atomic mass is 15.1. The first-order valence-electron chi connectivity index (χ1n) is 5.09. The summed E-state index contributed by atoms with van der Waals surface area (Å²) in [6.07, 6.45) is 1.27. The van der Waals surface area contributed by atoms with Crippen molar-refractivity contribution >= 4 is 0 Å². The first-order valence-corrected chi connectivity index (χ1v) is 5.09. The zero-order valence-electron chi connectivity index (χ0n) is 10.1. The van der Waals surface area contributed by atoms with Gasteiger partial charge in [0.25, 0.3) is 0 Å². The fourth-order valence-electron chi connectivity index (χ4n) is 1.73. The molecule has 0 rings (SSSR count). The Hall–Kier alpha value is -0.460. The molecule has 1 atom stereocenters. The lowest BCUT2D eigenvalue weighted by atomic mass is 9.85. The molecule has 13 heavy (non-hydrogen) atoms. The molecule has 0 bridgehead atoms. The number of rotatable bonds is 4. The predicted molar refractivity (Wildman–Crippen MR) is 60.7 cm³/mol. The summed E-state index contributed by atoms with van der Waals surface area (Å²) >= 11 is 0. The molecule has 0 spiro atoms. The van der Waals surface area contributed by atoms with Crippen LogP contribution in [-0.4, -0.2) is 18.5 Å². The topological polar surface area (TPSA) is 3.24 Å². The molecular formula is C12H25N. The molecule has 0 aromatic rings. The summed E-state index contributed by atoms with van der Waals surface area (Å²) in [5, 5.41) is 0. The van der Waals surface area contributed by atoms with Crippen LogP contribution in [0.25, 0.3) is 0 Å². The van der Waals surface area contributed by atoms with Crippen molar-refractivity contribution in [2.75, 3.05) is 13.6 Å². The molecule has 0 N–H and O–H groups in total. The molecule has 0 amide bonds. The monoisotopic (exact) mass is 183 g/mol. The van der Waals surface area contributed by atoms with Crippen molar-refractivity contribution in [1.29, 1.82) is 0 Å². The van der Waals surface area contributed by atoms with Gasteiger partial charge in [-0.25, -0.2) is 0 Å². The molecule has 0 aliphatic carbocycles. The van der Waals surface area contributed by atoms with Gasteiger partial charge < -0.3 is 4.90 Å². The Bertz CT molecular complexity index is 164. The van der Waals surface area contributed by atoms with E-state index in [1.54, 1.807) is 0 Å². The fraction of sp³-hybridized carbons (Fsp3) is 0.833. The number of allylic oxidation sites excluding steroid dienone is 1. The molecule has 0 fully saturated rings. The third-order valence-electron chi connectivity index (χ3n) is 2.20. The Labute approximate surface area is 83.8 Å². The second-order valence-corrected chi connectivity index (χ2v) is 5.49. The molecule has 0 aromatic heterocycles. The van der Waals surface area contributed by atoms with Gasteiger partial charge in [-0.15, -0.1) is 0 Å². The third-order valence-corrected chi connectivity index (χ3v) is 2.20. The second-order valence-electron chi connectivity index (χ2n) is 5.49. The minimum absolute atomic E-state index is 0.440. The van der Waals surface area contributed by atoms with Gasteiger partial charge >= 0.3 is 0 Å². The standard InChI is InChI=1S/C12H25N/c1-10(2)13(7)9-11(3)8-12(4,5)6/h11H,1,8-9H2,2-7H3. The molecular weight excluding hydrogens is 158 g/mol. The maximum atomic E-state index is 3.93. The zero-order valence-corrected chi connectivity index (χ0v) is 10.1. The predicted octanol–water partition coefficient (Wildman–Crippen LogP) is 3.52. The molecule has 0 aliphatic rings. The molecule has 0 saturated heterocycles. The number of hydrogen-bond acceptors (Lipinski definition) is 1. The Kier molecular flexibility index (Phi) is 4.52. The first kappa shape index (κ1) is 12.5. The maximum absolute atomic E-state index is 3.93. The summed E-state index contributed by atoms with van der Waals surface area (Å²) in [4.78, 5) is 2.23. The summed E-state index contributed by atoms with van der Waals surface area (Å²) in [5.41, 5.74) is 1.59. The van der Waals surface area contributed by atoms with Gasteiger partial charge in [-0.1, -0.05) is 34.3 Å². The minimum Gasteiger partial charge on any atom is -0.378 e. The van der Waals surface area contributed by atoms with Gasteiger partial charge in [0.15, 0.2) is 0 Å². The molecule has 0 aromatic carbocycles. The van der Waals surface area contributed by atoms with Crippen molar-refractivity contribution in [3.63, 3.8) is 0 Å². The van der Waals surface area contributed by atoms with Crippen LogP contribution in [0, 0.1) is 11.3 Å². The van der Waals surface area contributed by atoms with E-state index in [2.05, 4.69) is 53.1 Å². The van der Waals surface area contributed by atoms with Gasteiger partial charge in [0.05, 0.1) is 0 Å². The average Bonchev–Trinajstić information content (AvgIpc) is 1.81. The van der Waals surface area contributed by atoms with Crippen LogP contribution in [0.3, 0.4) is 0 Å². The van der Waals surface area contributed by atoms with Crippen molar-refractivity contribution in [3.8, 4) is 0 Å². The third kappa shape index (κ3) is 6.68. The summed E-state index contributed by atoms with van der Waals surface area (Å²) in [6, 6.07) is 0. The van der Waals surface area contributed by atoms with Crippen LogP contribution < -0.4 is 0 Å². The van der Waals surface area contributed by atoms with Gasteiger partial charge in [-0.2, -0.15) is 0 Å². The van der Waals surface area contributed by atoms with Crippen molar-refractivity contribution in [1.82, 2.24) is 4.90 Å². The van der Waals surface area contributed by atoms with Crippen LogP contribution >= 0.6 is 0 Å². The molecule has 0 saturated carbocycles. The quantitative estimate of drug-likeness (QED) is 0.644. The van der Waals surface area contributed by atoms with Crippen LogP contribution in [0.5, 0.6) is 0 Å². The Morgan fingerprint density at radius 3 is 2.15 bits per heavy atom. The molecule has 1 nitrogen and oxygen atoms in total. The van der Waals surface area contributed by atoms with E-state index in [0.29, 0.717) is 5.41 Å². The molecule has 1 heteroatoms. The smallest absolute Gasteiger partial charge is 0.0197 e. The van der Waals surface area contributed by atoms with Crippen LogP contribution in [0.2, 0.25) is 0 Å². The summed E-state index contributed by atoms with van der Waals surface area (Å²) in [5.74, 6) is 0.738. The van der Waals surface area contributed by atoms with E-state index in [9.17, 15) is 0 Å². The lowest BCUT2D eigenvalue weighted by Gasteiger charge is -2.28. The number of nitrogens with zero attached hydrogens (tertiary/aromatic N) is 1. The highest BCUT2D eigenvalue weighted by Crippen LogP contribution is 2.24. The van der Waals surface area contributed by atoms with Gasteiger partial charge in [-0.05, 0) is 24.7 Å². The zero-order chi connectivity index (χ0) is 10.6. The van der Waals surface area contributed by atoms with E-state index in [0.717, 1.165) is 18.2 Å². The van der Waals surface area contributed by atoms with Crippen molar-refractivity contribution in [2.45, 2.75) is 41.0 Å². The van der Waals surface area contributed by atoms with E-state index in [1.807, 2.05) is 0 Å². The Balaban J connectivity index is 3.88. The van der Waals surface area contributed by atoms with Crippen molar-refractivity contribution in [3.05, 3.63) is 12.3 Å². The molecule has 0 radical (unpaired) electrons. The summed E-state index contributed by atoms with van der Waals surface area (Å²) < 4.78 is 0. The van der Waals surface area contributed by atoms with Gasteiger partial charge in [0, 0.05) is 19.3 Å². The lowest BCUT2D eigenvalue weighted by Crippen LogP contribution is -2.25. The Morgan fingerprint density at radius 2 is 1.85 bits per heavy atom. The van der Waals surface area contributed by atoms with E-state index >= 15 is 0 Å². The maximum Gasteiger partial charge on any atom is 0.0197 e. The van der Waals surface area contributed by atoms with Crippen LogP contribution in [0.4, 0.5) is 0 Å². The number of hydrogen-bond donors (Lipinski definition) is 0. The van der Waals surface area contributed by atoms with Crippen LogP contribution in [-0.2, 0) is 0 Å². The van der Waals surface area contributed by atoms with E-state index in [1.165, 1.54) is 6.42 Å². The molecule has 0 aliphatic heterocycles. The van der Waals surface area contributed by atoms with Crippen LogP contribution in [0.1, 0.15) is 41.0 Å². The van der Waals surface area contributed by atoms with E-state index in [4.69, 9.17) is 0 Å². The van der Waals surface area contributed by atoms with Crippen LogP contribution in [0.15, 0.2) is 12.3 Å². The highest BCUT2D eigenvalue weighted by molar-refractivity contribution is 4.87. The fourth-order valence-corrected chi connectivity index (χ4v) is 1.73. The lowest BCUT2D eigenvalue weighted by molar-refractivity contribution is 0.256. The molecule has 0 heterocycles.